The summed E-state index contributed by atoms with van der Waals surface area (Å²) >= 11 is 6.03. The highest BCUT2D eigenvalue weighted by molar-refractivity contribution is 6.32. The molecule has 1 heterocycles. The molecule has 1 saturated heterocycles. The van der Waals surface area contributed by atoms with Crippen LogP contribution in [0.3, 0.4) is 0 Å². The summed E-state index contributed by atoms with van der Waals surface area (Å²) in [5, 5.41) is 21.5. The van der Waals surface area contributed by atoms with Crippen molar-refractivity contribution in [1.82, 2.24) is 0 Å². The highest BCUT2D eigenvalue weighted by Gasteiger charge is 2.29. The van der Waals surface area contributed by atoms with Crippen molar-refractivity contribution in [2.75, 3.05) is 36.4 Å². The van der Waals surface area contributed by atoms with Crippen molar-refractivity contribution in [1.29, 1.82) is 5.26 Å². The van der Waals surface area contributed by atoms with Crippen LogP contribution in [0.2, 0.25) is 5.02 Å². The Kier molecular flexibility index (Phi) is 5.84. The fourth-order valence-electron chi connectivity index (χ4n) is 3.27. The monoisotopic (exact) mass is 385 g/mol. The molecule has 2 aromatic rings. The third kappa shape index (κ3) is 4.51. The zero-order valence-electron chi connectivity index (χ0n) is 15.1. The van der Waals surface area contributed by atoms with E-state index < -0.39 is 0 Å². The zero-order valence-corrected chi connectivity index (χ0v) is 15.8. The fraction of sp³-hybridized carbons (Fsp3) is 0.300. The number of anilines is 2. The number of hydrogen-bond donors (Lipinski definition) is 3. The Morgan fingerprint density at radius 1 is 1.26 bits per heavy atom. The number of phenols is 1. The highest BCUT2D eigenvalue weighted by Crippen LogP contribution is 2.20. The maximum atomic E-state index is 12.6. The summed E-state index contributed by atoms with van der Waals surface area (Å²) in [6.45, 7) is 5.32. The minimum absolute atomic E-state index is 0.0659. The maximum absolute atomic E-state index is 12.6. The summed E-state index contributed by atoms with van der Waals surface area (Å²) in [5.41, 5.74) is 2.06. The summed E-state index contributed by atoms with van der Waals surface area (Å²) in [4.78, 5) is 16.1. The Bertz CT molecular complexity index is 855. The SMILES string of the molecule is C[C@H](C(=O)Nc1ccc(C#N)c(Cl)c1)[NH+]1CCN(c2ccc(O)cc2)CC1. The van der Waals surface area contributed by atoms with Crippen molar-refractivity contribution < 1.29 is 14.8 Å². The van der Waals surface area contributed by atoms with Gasteiger partial charge in [0, 0.05) is 11.4 Å². The van der Waals surface area contributed by atoms with Crippen LogP contribution in [0.15, 0.2) is 42.5 Å². The standard InChI is InChI=1S/C20H21ClN4O2/c1-14(20(27)23-16-3-2-15(13-22)19(21)12-16)24-8-10-25(11-9-24)17-4-6-18(26)7-5-17/h2-7,12,14,26H,8-11H2,1H3,(H,23,27)/p+1/t14-/m1/s1. The van der Waals surface area contributed by atoms with Crippen LogP contribution < -0.4 is 15.1 Å². The third-order valence-corrected chi connectivity index (χ3v) is 5.30. The molecule has 1 aliphatic heterocycles. The zero-order chi connectivity index (χ0) is 19.4. The van der Waals surface area contributed by atoms with Gasteiger partial charge >= 0.3 is 0 Å². The van der Waals surface area contributed by atoms with E-state index in [1.807, 2.05) is 25.1 Å². The van der Waals surface area contributed by atoms with Crippen LogP contribution in [-0.4, -0.2) is 43.2 Å². The predicted molar refractivity (Wildman–Crippen MR) is 105 cm³/mol. The molecule has 0 spiro atoms. The van der Waals surface area contributed by atoms with E-state index in [1.165, 1.54) is 4.90 Å². The van der Waals surface area contributed by atoms with Crippen LogP contribution in [0, 0.1) is 11.3 Å². The maximum Gasteiger partial charge on any atom is 0.282 e. The number of nitriles is 1. The third-order valence-electron chi connectivity index (χ3n) is 4.98. The first-order valence-corrected chi connectivity index (χ1v) is 9.25. The molecule has 2 aromatic carbocycles. The lowest BCUT2D eigenvalue weighted by Crippen LogP contribution is -3.19. The molecule has 140 valence electrons. The van der Waals surface area contributed by atoms with Crippen LogP contribution in [-0.2, 0) is 4.79 Å². The van der Waals surface area contributed by atoms with Crippen molar-refractivity contribution in [2.45, 2.75) is 13.0 Å². The lowest BCUT2D eigenvalue weighted by atomic mass is 10.1. The number of halogens is 1. The number of quaternary nitrogens is 1. The second-order valence-corrected chi connectivity index (χ2v) is 7.09. The quantitative estimate of drug-likeness (QED) is 0.747. The number of piperazine rings is 1. The summed E-state index contributed by atoms with van der Waals surface area (Å²) in [6.07, 6.45) is 0. The molecule has 1 aliphatic rings. The van der Waals surface area contributed by atoms with Crippen molar-refractivity contribution >= 4 is 28.9 Å². The number of phenolic OH excluding ortho intramolecular Hbond substituents is 1. The Morgan fingerprint density at radius 2 is 1.93 bits per heavy atom. The smallest absolute Gasteiger partial charge is 0.282 e. The summed E-state index contributed by atoms with van der Waals surface area (Å²) in [6, 6.07) is 13.9. The van der Waals surface area contributed by atoms with E-state index >= 15 is 0 Å². The van der Waals surface area contributed by atoms with Crippen molar-refractivity contribution in [2.24, 2.45) is 0 Å². The summed E-state index contributed by atoms with van der Waals surface area (Å²) < 4.78 is 0. The van der Waals surface area contributed by atoms with Crippen LogP contribution in [0.25, 0.3) is 0 Å². The van der Waals surface area contributed by atoms with E-state index in [9.17, 15) is 9.90 Å². The Labute approximate surface area is 163 Å². The van der Waals surface area contributed by atoms with E-state index in [0.29, 0.717) is 16.3 Å². The van der Waals surface area contributed by atoms with Crippen LogP contribution in [0.4, 0.5) is 11.4 Å². The molecule has 0 bridgehead atoms. The Morgan fingerprint density at radius 3 is 2.52 bits per heavy atom. The molecular formula is C20H22ClN4O2+. The lowest BCUT2D eigenvalue weighted by molar-refractivity contribution is -0.914. The van der Waals surface area contributed by atoms with Gasteiger partial charge in [-0.25, -0.2) is 0 Å². The molecule has 0 radical (unpaired) electrons. The first-order valence-electron chi connectivity index (χ1n) is 8.87. The van der Waals surface area contributed by atoms with E-state index in [2.05, 4.69) is 10.2 Å². The molecule has 1 atom stereocenters. The van der Waals surface area contributed by atoms with Gasteiger partial charge in [0.2, 0.25) is 0 Å². The van der Waals surface area contributed by atoms with Gasteiger partial charge in [0.05, 0.1) is 36.8 Å². The number of benzene rings is 2. The predicted octanol–water partition coefficient (Wildman–Crippen LogP) is 1.65. The molecule has 7 heteroatoms. The average molecular weight is 386 g/mol. The van der Waals surface area contributed by atoms with E-state index in [1.54, 1.807) is 30.3 Å². The molecule has 0 saturated carbocycles. The van der Waals surface area contributed by atoms with E-state index in [0.717, 1.165) is 31.9 Å². The lowest BCUT2D eigenvalue weighted by Gasteiger charge is -2.36. The van der Waals surface area contributed by atoms with Gasteiger partial charge in [-0.05, 0) is 49.4 Å². The van der Waals surface area contributed by atoms with Crippen LogP contribution in [0.5, 0.6) is 5.75 Å². The number of carbonyl (C=O) groups excluding carboxylic acids is 1. The van der Waals surface area contributed by atoms with Gasteiger partial charge in [-0.15, -0.1) is 0 Å². The molecule has 6 nitrogen and oxygen atoms in total. The number of rotatable bonds is 4. The van der Waals surface area contributed by atoms with Gasteiger partial charge in [-0.3, -0.25) is 4.79 Å². The number of carbonyl (C=O) groups is 1. The van der Waals surface area contributed by atoms with Crippen molar-refractivity contribution in [3.63, 3.8) is 0 Å². The van der Waals surface area contributed by atoms with E-state index in [4.69, 9.17) is 16.9 Å². The van der Waals surface area contributed by atoms with Crippen molar-refractivity contribution in [3.05, 3.63) is 53.1 Å². The Balaban J connectivity index is 1.56. The van der Waals surface area contributed by atoms with Gasteiger partial charge in [0.25, 0.3) is 5.91 Å². The van der Waals surface area contributed by atoms with Crippen LogP contribution in [0.1, 0.15) is 12.5 Å². The number of hydrogen-bond acceptors (Lipinski definition) is 4. The molecule has 3 N–H and O–H groups in total. The summed E-state index contributed by atoms with van der Waals surface area (Å²) in [5.74, 6) is 0.195. The normalized spacial score (nSPS) is 15.8. The minimum atomic E-state index is -0.193. The second-order valence-electron chi connectivity index (χ2n) is 6.68. The molecule has 27 heavy (non-hydrogen) atoms. The van der Waals surface area contributed by atoms with Crippen molar-refractivity contribution in [3.8, 4) is 11.8 Å². The number of aromatic hydroxyl groups is 1. The van der Waals surface area contributed by atoms with Gasteiger partial charge in [-0.2, -0.15) is 5.26 Å². The number of nitrogens with one attached hydrogen (secondary N) is 2. The molecule has 1 amide bonds. The number of nitrogens with zero attached hydrogens (tertiary/aromatic N) is 2. The molecular weight excluding hydrogens is 364 g/mol. The molecule has 1 fully saturated rings. The van der Waals surface area contributed by atoms with Gasteiger partial charge in [0.15, 0.2) is 6.04 Å². The van der Waals surface area contributed by atoms with Gasteiger partial charge in [0.1, 0.15) is 11.8 Å². The van der Waals surface area contributed by atoms with Crippen LogP contribution >= 0.6 is 11.6 Å². The first kappa shape index (κ1) is 19.0. The Hall–Kier alpha value is -2.75. The molecule has 0 aromatic heterocycles. The number of amides is 1. The second kappa shape index (κ2) is 8.30. The summed E-state index contributed by atoms with van der Waals surface area (Å²) in [7, 11) is 0. The molecule has 0 aliphatic carbocycles. The fourth-order valence-corrected chi connectivity index (χ4v) is 3.49. The largest absolute Gasteiger partial charge is 0.508 e. The minimum Gasteiger partial charge on any atom is -0.508 e. The average Bonchev–Trinajstić information content (AvgIpc) is 2.68. The van der Waals surface area contributed by atoms with Gasteiger partial charge in [-0.1, -0.05) is 11.6 Å². The highest BCUT2D eigenvalue weighted by atomic mass is 35.5. The molecule has 3 rings (SSSR count). The topological polar surface area (TPSA) is 80.8 Å². The first-order chi connectivity index (χ1) is 13.0. The molecule has 0 unspecified atom stereocenters. The van der Waals surface area contributed by atoms with E-state index in [-0.39, 0.29) is 17.7 Å². The van der Waals surface area contributed by atoms with Gasteiger partial charge < -0.3 is 20.2 Å².